The quantitative estimate of drug-likeness (QED) is 0.486. The zero-order valence-electron chi connectivity index (χ0n) is 21.1. The average molecular weight is 577 g/mol. The molecular weight excluding hydrogens is 549 g/mol. The fourth-order valence-corrected chi connectivity index (χ4v) is 5.96. The molecule has 3 aromatic rings. The number of carbonyl (C=O) groups is 2. The third-order valence-corrected chi connectivity index (χ3v) is 8.44. The number of aromatic nitrogens is 2. The van der Waals surface area contributed by atoms with Crippen LogP contribution in [0.1, 0.15) is 57.6 Å². The first-order chi connectivity index (χ1) is 17.9. The van der Waals surface area contributed by atoms with Crippen molar-refractivity contribution >= 4 is 50.7 Å². The lowest BCUT2D eigenvalue weighted by atomic mass is 9.97. The van der Waals surface area contributed by atoms with Gasteiger partial charge in [0.15, 0.2) is 0 Å². The van der Waals surface area contributed by atoms with Crippen LogP contribution >= 0.6 is 23.2 Å². The third-order valence-electron chi connectivity index (χ3n) is 7.09. The molecule has 2 aliphatic rings. The molecule has 200 valence electrons. The Morgan fingerprint density at radius 1 is 1.11 bits per heavy atom. The first-order valence-electron chi connectivity index (χ1n) is 12.2. The number of amides is 2. The van der Waals surface area contributed by atoms with E-state index in [4.69, 9.17) is 28.3 Å². The average Bonchev–Trinajstić information content (AvgIpc) is 3.22. The highest BCUT2D eigenvalue weighted by atomic mass is 35.5. The number of rotatable bonds is 5. The van der Waals surface area contributed by atoms with Gasteiger partial charge in [-0.2, -0.15) is 5.10 Å². The molecule has 3 heterocycles. The van der Waals surface area contributed by atoms with E-state index in [0.717, 1.165) is 23.1 Å². The van der Waals surface area contributed by atoms with Gasteiger partial charge in [-0.1, -0.05) is 35.3 Å². The van der Waals surface area contributed by atoms with Crippen molar-refractivity contribution in [3.63, 3.8) is 0 Å². The second-order valence-electron chi connectivity index (χ2n) is 9.78. The van der Waals surface area contributed by atoms with Crippen molar-refractivity contribution in [2.24, 2.45) is 0 Å². The molecule has 1 N–H and O–H groups in total. The van der Waals surface area contributed by atoms with Gasteiger partial charge >= 0.3 is 0 Å². The predicted molar refractivity (Wildman–Crippen MR) is 146 cm³/mol. The molecule has 0 spiro atoms. The minimum absolute atomic E-state index is 0.106. The molecule has 1 aromatic heterocycles. The molecule has 5 rings (SSSR count). The number of nitrogens with zero attached hydrogens (tertiary/aromatic N) is 4. The van der Waals surface area contributed by atoms with Crippen LogP contribution in [0.2, 0.25) is 10.0 Å². The zero-order chi connectivity index (χ0) is 27.4. The number of fused-ring (bicyclic) bond motifs is 3. The molecular formula is C26H27Cl2N5O4S. The fourth-order valence-electron chi connectivity index (χ4n) is 5.10. The molecule has 38 heavy (non-hydrogen) atoms. The van der Waals surface area contributed by atoms with Crippen molar-refractivity contribution in [2.45, 2.75) is 45.4 Å². The Labute approximate surface area is 231 Å². The van der Waals surface area contributed by atoms with E-state index in [1.807, 2.05) is 26.0 Å². The summed E-state index contributed by atoms with van der Waals surface area (Å²) in [6.45, 7) is 5.21. The Kier molecular flexibility index (Phi) is 6.91. The summed E-state index contributed by atoms with van der Waals surface area (Å²) in [5.74, 6) is -0.328. The first-order valence-corrected chi connectivity index (χ1v) is 14.8. The summed E-state index contributed by atoms with van der Waals surface area (Å²) in [7, 11) is -3.38. The Balaban J connectivity index is 1.39. The zero-order valence-corrected chi connectivity index (χ0v) is 23.4. The van der Waals surface area contributed by atoms with Crippen LogP contribution in [0.5, 0.6) is 0 Å². The summed E-state index contributed by atoms with van der Waals surface area (Å²) in [4.78, 5) is 30.7. The van der Waals surface area contributed by atoms with E-state index in [9.17, 15) is 18.0 Å². The second-order valence-corrected chi connectivity index (χ2v) is 12.3. The van der Waals surface area contributed by atoms with Crippen LogP contribution in [0.25, 0.3) is 0 Å². The van der Waals surface area contributed by atoms with Gasteiger partial charge in [0.2, 0.25) is 10.0 Å². The van der Waals surface area contributed by atoms with E-state index in [1.165, 1.54) is 0 Å². The van der Waals surface area contributed by atoms with Crippen LogP contribution < -0.4 is 4.72 Å². The highest BCUT2D eigenvalue weighted by molar-refractivity contribution is 7.92. The first kappa shape index (κ1) is 26.5. The second kappa shape index (κ2) is 9.91. The van der Waals surface area contributed by atoms with Gasteiger partial charge in [0.25, 0.3) is 11.8 Å². The van der Waals surface area contributed by atoms with Crippen LogP contribution in [-0.4, -0.2) is 58.7 Å². The fraction of sp³-hybridized carbons (Fsp3) is 0.346. The molecule has 0 saturated heterocycles. The molecule has 0 aliphatic carbocycles. The number of hydrogen-bond acceptors (Lipinski definition) is 5. The minimum atomic E-state index is -3.38. The van der Waals surface area contributed by atoms with Crippen molar-refractivity contribution in [1.29, 1.82) is 0 Å². The van der Waals surface area contributed by atoms with E-state index in [1.54, 1.807) is 44.8 Å². The van der Waals surface area contributed by atoms with Crippen LogP contribution in [0.3, 0.4) is 0 Å². The van der Waals surface area contributed by atoms with E-state index in [0.29, 0.717) is 46.5 Å². The van der Waals surface area contributed by atoms with Crippen molar-refractivity contribution in [2.75, 3.05) is 17.5 Å². The summed E-state index contributed by atoms with van der Waals surface area (Å²) in [6.07, 6.45) is 1.64. The van der Waals surface area contributed by atoms with Crippen molar-refractivity contribution in [3.8, 4) is 0 Å². The molecule has 0 radical (unpaired) electrons. The lowest BCUT2D eigenvalue weighted by molar-refractivity contribution is 0.0605. The number of nitrogens with one attached hydrogen (secondary N) is 1. The van der Waals surface area contributed by atoms with E-state index >= 15 is 0 Å². The van der Waals surface area contributed by atoms with Crippen molar-refractivity contribution in [3.05, 3.63) is 80.6 Å². The lowest BCUT2D eigenvalue weighted by Crippen LogP contribution is -2.44. The number of halogens is 2. The highest BCUT2D eigenvalue weighted by Crippen LogP contribution is 2.33. The van der Waals surface area contributed by atoms with E-state index in [-0.39, 0.29) is 30.4 Å². The summed E-state index contributed by atoms with van der Waals surface area (Å²) in [5.41, 5.74) is 3.89. The van der Waals surface area contributed by atoms with Gasteiger partial charge in [-0.25, -0.2) is 8.42 Å². The molecule has 0 saturated carbocycles. The normalized spacial score (nSPS) is 18.1. The van der Waals surface area contributed by atoms with Gasteiger partial charge in [0, 0.05) is 35.8 Å². The van der Waals surface area contributed by atoms with Gasteiger partial charge in [0.1, 0.15) is 5.69 Å². The molecule has 2 atom stereocenters. The van der Waals surface area contributed by atoms with Crippen LogP contribution in [-0.2, 0) is 29.5 Å². The standard InChI is InChI=1S/C26H27Cl2N5O4S/c1-15-12-23-20(14-32(15)25(34)18-6-9-21(27)22(28)13-18)24-26(35)31(10-11-33(24)29-23)16(2)17-4-7-19(8-5-17)30-38(3,36)37/h4-9,13,15-16,30H,10-12,14H2,1-3H3/t15-,16-/m1/s1. The predicted octanol–water partition coefficient (Wildman–Crippen LogP) is 4.37. The molecule has 2 aromatic carbocycles. The maximum absolute atomic E-state index is 13.8. The van der Waals surface area contributed by atoms with Crippen LogP contribution in [0.15, 0.2) is 42.5 Å². The minimum Gasteiger partial charge on any atom is -0.331 e. The van der Waals surface area contributed by atoms with Gasteiger partial charge in [0.05, 0.1) is 41.1 Å². The maximum Gasteiger partial charge on any atom is 0.273 e. The van der Waals surface area contributed by atoms with Crippen LogP contribution in [0.4, 0.5) is 5.69 Å². The lowest BCUT2D eigenvalue weighted by Gasteiger charge is -2.35. The smallest absolute Gasteiger partial charge is 0.273 e. The van der Waals surface area contributed by atoms with Crippen molar-refractivity contribution in [1.82, 2.24) is 19.6 Å². The number of anilines is 1. The van der Waals surface area contributed by atoms with E-state index in [2.05, 4.69) is 4.72 Å². The Bertz CT molecular complexity index is 1540. The molecule has 2 aliphatic heterocycles. The maximum atomic E-state index is 13.8. The number of hydrogen-bond donors (Lipinski definition) is 1. The van der Waals surface area contributed by atoms with Gasteiger partial charge in [-0.05, 0) is 49.7 Å². The van der Waals surface area contributed by atoms with Gasteiger partial charge < -0.3 is 9.80 Å². The van der Waals surface area contributed by atoms with Crippen molar-refractivity contribution < 1.29 is 18.0 Å². The summed E-state index contributed by atoms with van der Waals surface area (Å²) < 4.78 is 27.2. The number of carbonyl (C=O) groups excluding carboxylic acids is 2. The number of sulfonamides is 1. The van der Waals surface area contributed by atoms with E-state index < -0.39 is 10.0 Å². The summed E-state index contributed by atoms with van der Waals surface area (Å²) >= 11 is 12.2. The Morgan fingerprint density at radius 2 is 1.82 bits per heavy atom. The number of benzene rings is 2. The molecule has 0 unspecified atom stereocenters. The Morgan fingerprint density at radius 3 is 2.47 bits per heavy atom. The third kappa shape index (κ3) is 5.00. The molecule has 9 nitrogen and oxygen atoms in total. The molecule has 2 amide bonds. The Hall–Kier alpha value is -3.08. The molecule has 0 fully saturated rings. The molecule has 12 heteroatoms. The van der Waals surface area contributed by atoms with Crippen LogP contribution in [0, 0.1) is 0 Å². The summed E-state index contributed by atoms with van der Waals surface area (Å²) in [6, 6.07) is 11.5. The van der Waals surface area contributed by atoms with Gasteiger partial charge in [-0.15, -0.1) is 0 Å². The van der Waals surface area contributed by atoms with Gasteiger partial charge in [-0.3, -0.25) is 19.0 Å². The topological polar surface area (TPSA) is 105 Å². The summed E-state index contributed by atoms with van der Waals surface area (Å²) in [5, 5.41) is 5.41. The molecule has 0 bridgehead atoms. The monoisotopic (exact) mass is 575 g/mol. The SMILES string of the molecule is C[C@@H]1Cc2nn3c(c2CN1C(=O)c1ccc(Cl)c(Cl)c1)C(=O)N([C@H](C)c1ccc(NS(C)(=O)=O)cc1)CC3. The highest BCUT2D eigenvalue weighted by Gasteiger charge is 2.38. The largest absolute Gasteiger partial charge is 0.331 e.